The first kappa shape index (κ1) is 31.8. The topological polar surface area (TPSA) is 162 Å². The number of carbonyl (C=O) groups excluding carboxylic acids is 3. The molecule has 0 saturated carbocycles. The Hall–Kier alpha value is -2.20. The average molecular weight is 487 g/mol. The molecular weight excluding hydrogens is 440 g/mol. The van der Waals surface area contributed by atoms with Crippen molar-refractivity contribution in [2.45, 2.75) is 109 Å². The number of aliphatic carboxylic acids is 1. The summed E-state index contributed by atoms with van der Waals surface area (Å²) in [5, 5.41) is 22.3. The summed E-state index contributed by atoms with van der Waals surface area (Å²) in [6.07, 6.45) is 14.4. The van der Waals surface area contributed by atoms with E-state index in [0.29, 0.717) is 6.42 Å². The molecule has 0 unspecified atom stereocenters. The molecule has 0 aliphatic heterocycles. The Bertz CT molecular complexity index is 602. The van der Waals surface area contributed by atoms with Gasteiger partial charge in [-0.15, -0.1) is 0 Å². The zero-order valence-electron chi connectivity index (χ0n) is 21.0. The molecule has 0 aliphatic rings. The lowest BCUT2D eigenvalue weighted by Gasteiger charge is -2.27. The number of carbonyl (C=O) groups is 4. The molecule has 10 heteroatoms. The molecule has 2 atom stereocenters. The standard InChI is InChI=1S/C24H46N4O6/c1-3-4-5-6-7-8-9-10-11-12-13-14-15-16-20(30)28(2)19(18-29)23(33)27-22(25)24(34)26-17-21(31)32/h19,22,29H,3-18,25H2,1-2H3,(H,26,34)(H,27,33)(H,31,32)/t19-,22+/m1/s1. The third kappa shape index (κ3) is 15.6. The van der Waals surface area contributed by atoms with Crippen LogP contribution in [0.5, 0.6) is 0 Å². The van der Waals surface area contributed by atoms with Gasteiger partial charge in [0.25, 0.3) is 5.91 Å². The van der Waals surface area contributed by atoms with Gasteiger partial charge in [0.1, 0.15) is 12.6 Å². The summed E-state index contributed by atoms with van der Waals surface area (Å²) >= 11 is 0. The maximum atomic E-state index is 12.4. The Morgan fingerprint density at radius 1 is 0.824 bits per heavy atom. The van der Waals surface area contributed by atoms with E-state index in [1.54, 1.807) is 0 Å². The molecule has 3 amide bonds. The molecule has 0 spiro atoms. The number of aliphatic hydroxyl groups excluding tert-OH is 1. The van der Waals surface area contributed by atoms with Gasteiger partial charge in [-0.05, 0) is 6.42 Å². The summed E-state index contributed by atoms with van der Waals surface area (Å²) in [6.45, 7) is 0.966. The van der Waals surface area contributed by atoms with E-state index in [1.807, 2.05) is 5.32 Å². The number of nitrogens with two attached hydrogens (primary N) is 1. The highest BCUT2D eigenvalue weighted by atomic mass is 16.4. The molecule has 0 bridgehead atoms. The van der Waals surface area contributed by atoms with E-state index in [2.05, 4.69) is 12.2 Å². The number of carboxylic acids is 1. The normalized spacial score (nSPS) is 12.6. The van der Waals surface area contributed by atoms with Gasteiger partial charge in [-0.2, -0.15) is 0 Å². The van der Waals surface area contributed by atoms with Crippen molar-refractivity contribution in [3.05, 3.63) is 0 Å². The molecule has 0 aromatic heterocycles. The summed E-state index contributed by atoms with van der Waals surface area (Å²) in [4.78, 5) is 48.0. The largest absolute Gasteiger partial charge is 0.480 e. The van der Waals surface area contributed by atoms with Crippen LogP contribution in [0.4, 0.5) is 0 Å². The van der Waals surface area contributed by atoms with Gasteiger partial charge >= 0.3 is 5.97 Å². The van der Waals surface area contributed by atoms with Gasteiger partial charge in [0.2, 0.25) is 11.8 Å². The quantitative estimate of drug-likeness (QED) is 0.122. The Balaban J connectivity index is 4.03. The van der Waals surface area contributed by atoms with Crippen LogP contribution in [-0.4, -0.2) is 71.2 Å². The monoisotopic (exact) mass is 486 g/mol. The lowest BCUT2D eigenvalue weighted by molar-refractivity contribution is -0.142. The number of hydrogen-bond donors (Lipinski definition) is 5. The van der Waals surface area contributed by atoms with Crippen molar-refractivity contribution in [3.63, 3.8) is 0 Å². The second-order valence-electron chi connectivity index (χ2n) is 8.79. The summed E-state index contributed by atoms with van der Waals surface area (Å²) < 4.78 is 0. The van der Waals surface area contributed by atoms with E-state index < -0.39 is 43.1 Å². The molecule has 0 aromatic rings. The third-order valence-electron chi connectivity index (χ3n) is 5.82. The first-order valence-electron chi connectivity index (χ1n) is 12.7. The van der Waals surface area contributed by atoms with Crippen LogP contribution >= 0.6 is 0 Å². The highest BCUT2D eigenvalue weighted by molar-refractivity contribution is 5.92. The molecule has 0 aliphatic carbocycles. The number of nitrogens with zero attached hydrogens (tertiary/aromatic N) is 1. The molecular formula is C24H46N4O6. The van der Waals surface area contributed by atoms with Crippen molar-refractivity contribution in [1.82, 2.24) is 15.5 Å². The fourth-order valence-corrected chi connectivity index (χ4v) is 3.61. The molecule has 0 aromatic carbocycles. The van der Waals surface area contributed by atoms with Crippen LogP contribution in [0.1, 0.15) is 96.8 Å². The van der Waals surface area contributed by atoms with E-state index in [-0.39, 0.29) is 12.3 Å². The lowest BCUT2D eigenvalue weighted by Crippen LogP contribution is -2.58. The minimum Gasteiger partial charge on any atom is -0.480 e. The van der Waals surface area contributed by atoms with Gasteiger partial charge in [-0.1, -0.05) is 84.0 Å². The van der Waals surface area contributed by atoms with Crippen molar-refractivity contribution in [1.29, 1.82) is 0 Å². The molecule has 10 nitrogen and oxygen atoms in total. The number of likely N-dealkylation sites (N-methyl/N-ethyl adjacent to an activating group) is 1. The van der Waals surface area contributed by atoms with Crippen molar-refractivity contribution >= 4 is 23.7 Å². The maximum absolute atomic E-state index is 12.4. The van der Waals surface area contributed by atoms with Crippen LogP contribution in [0.3, 0.4) is 0 Å². The molecule has 198 valence electrons. The van der Waals surface area contributed by atoms with Gasteiger partial charge in [0.15, 0.2) is 6.17 Å². The fourth-order valence-electron chi connectivity index (χ4n) is 3.61. The molecule has 0 rings (SSSR count). The Morgan fingerprint density at radius 3 is 1.74 bits per heavy atom. The Morgan fingerprint density at radius 2 is 1.29 bits per heavy atom. The molecule has 0 fully saturated rings. The average Bonchev–Trinajstić information content (AvgIpc) is 2.80. The maximum Gasteiger partial charge on any atom is 0.322 e. The number of carboxylic acid groups (broad SMARTS) is 1. The highest BCUT2D eigenvalue weighted by Crippen LogP contribution is 2.13. The smallest absolute Gasteiger partial charge is 0.322 e. The van der Waals surface area contributed by atoms with Crippen LogP contribution in [0.15, 0.2) is 0 Å². The summed E-state index contributed by atoms with van der Waals surface area (Å²) in [5.41, 5.74) is 5.54. The van der Waals surface area contributed by atoms with Crippen molar-refractivity contribution in [2.24, 2.45) is 5.73 Å². The predicted octanol–water partition coefficient (Wildman–Crippen LogP) is 1.89. The second kappa shape index (κ2) is 20.2. The van der Waals surface area contributed by atoms with Gasteiger partial charge in [0, 0.05) is 13.5 Å². The number of hydrogen-bond acceptors (Lipinski definition) is 6. The number of unbranched alkanes of at least 4 members (excludes halogenated alkanes) is 12. The van der Waals surface area contributed by atoms with E-state index in [4.69, 9.17) is 10.8 Å². The summed E-state index contributed by atoms with van der Waals surface area (Å²) in [6, 6.07) is -1.19. The lowest BCUT2D eigenvalue weighted by atomic mass is 10.0. The zero-order chi connectivity index (χ0) is 25.8. The van der Waals surface area contributed by atoms with E-state index in [0.717, 1.165) is 24.2 Å². The first-order chi connectivity index (χ1) is 16.2. The van der Waals surface area contributed by atoms with Gasteiger partial charge < -0.3 is 31.5 Å². The van der Waals surface area contributed by atoms with Crippen LogP contribution in [0, 0.1) is 0 Å². The van der Waals surface area contributed by atoms with Crippen LogP contribution in [-0.2, 0) is 19.2 Å². The summed E-state index contributed by atoms with van der Waals surface area (Å²) in [7, 11) is 1.42. The Labute approximate surface area is 204 Å². The second-order valence-corrected chi connectivity index (χ2v) is 8.79. The minimum absolute atomic E-state index is 0.267. The molecule has 0 saturated heterocycles. The van der Waals surface area contributed by atoms with E-state index in [9.17, 15) is 24.3 Å². The van der Waals surface area contributed by atoms with Crippen molar-refractivity contribution < 1.29 is 29.4 Å². The minimum atomic E-state index is -1.49. The molecule has 34 heavy (non-hydrogen) atoms. The number of nitrogens with one attached hydrogen (secondary N) is 2. The number of aliphatic hydroxyl groups is 1. The fraction of sp³-hybridized carbons (Fsp3) is 0.833. The third-order valence-corrected chi connectivity index (χ3v) is 5.82. The van der Waals surface area contributed by atoms with Crippen molar-refractivity contribution in [2.75, 3.05) is 20.2 Å². The SMILES string of the molecule is CCCCCCCCCCCCCCCC(=O)N(C)[C@H](CO)C(=O)N[C@H](N)C(=O)NCC(=O)O. The molecule has 0 heterocycles. The first-order valence-corrected chi connectivity index (χ1v) is 12.7. The van der Waals surface area contributed by atoms with Crippen LogP contribution in [0.2, 0.25) is 0 Å². The summed E-state index contributed by atoms with van der Waals surface area (Å²) in [5.74, 6) is -3.20. The highest BCUT2D eigenvalue weighted by Gasteiger charge is 2.28. The number of amides is 3. The van der Waals surface area contributed by atoms with Gasteiger partial charge in [-0.25, -0.2) is 0 Å². The van der Waals surface area contributed by atoms with Gasteiger partial charge in [0.05, 0.1) is 6.61 Å². The van der Waals surface area contributed by atoms with Crippen molar-refractivity contribution in [3.8, 4) is 0 Å². The van der Waals surface area contributed by atoms with Crippen LogP contribution in [0.25, 0.3) is 0 Å². The predicted molar refractivity (Wildman–Crippen MR) is 131 cm³/mol. The van der Waals surface area contributed by atoms with Gasteiger partial charge in [-0.3, -0.25) is 19.2 Å². The van der Waals surface area contributed by atoms with E-state index >= 15 is 0 Å². The molecule has 6 N–H and O–H groups in total. The number of rotatable bonds is 21. The molecule has 0 radical (unpaired) electrons. The van der Waals surface area contributed by atoms with E-state index in [1.165, 1.54) is 64.8 Å². The zero-order valence-corrected chi connectivity index (χ0v) is 21.0. The van der Waals surface area contributed by atoms with Crippen LogP contribution < -0.4 is 16.4 Å². The Kier molecular flexibility index (Phi) is 18.9.